The number of rotatable bonds is 5. The van der Waals surface area contributed by atoms with Crippen molar-refractivity contribution in [2.75, 3.05) is 51.7 Å². The molecule has 6 nitrogen and oxygen atoms in total. The van der Waals surface area contributed by atoms with Crippen molar-refractivity contribution in [3.63, 3.8) is 0 Å². The number of anilines is 1. The molecule has 0 radical (unpaired) electrons. The van der Waals surface area contributed by atoms with Crippen LogP contribution in [0.5, 0.6) is 0 Å². The van der Waals surface area contributed by atoms with Gasteiger partial charge in [0.25, 0.3) is 5.91 Å². The van der Waals surface area contributed by atoms with E-state index in [-0.39, 0.29) is 12.0 Å². The molecule has 122 valence electrons. The molecule has 1 aromatic heterocycles. The highest BCUT2D eigenvalue weighted by molar-refractivity contribution is 5.98. The van der Waals surface area contributed by atoms with Crippen molar-refractivity contribution in [2.45, 2.75) is 19.4 Å². The zero-order chi connectivity index (χ0) is 16.1. The van der Waals surface area contributed by atoms with E-state index in [0.717, 1.165) is 19.5 Å². The SMILES string of the molecule is CCC(O)CN1CCN(C(=O)c2cccnc2N(C)C)CC1. The Balaban J connectivity index is 1.98. The number of nitrogens with zero attached hydrogens (tertiary/aromatic N) is 4. The highest BCUT2D eigenvalue weighted by Crippen LogP contribution is 2.18. The van der Waals surface area contributed by atoms with E-state index in [1.807, 2.05) is 36.9 Å². The molecular weight excluding hydrogens is 280 g/mol. The number of piperazine rings is 1. The van der Waals surface area contributed by atoms with E-state index in [2.05, 4.69) is 9.88 Å². The quantitative estimate of drug-likeness (QED) is 0.867. The monoisotopic (exact) mass is 306 g/mol. The van der Waals surface area contributed by atoms with Gasteiger partial charge in [0.05, 0.1) is 11.7 Å². The van der Waals surface area contributed by atoms with Crippen LogP contribution in [0, 0.1) is 0 Å². The van der Waals surface area contributed by atoms with Crippen molar-refractivity contribution in [2.24, 2.45) is 0 Å². The number of carbonyl (C=O) groups is 1. The summed E-state index contributed by atoms with van der Waals surface area (Å²) < 4.78 is 0. The first kappa shape index (κ1) is 16.7. The Bertz CT molecular complexity index is 499. The van der Waals surface area contributed by atoms with Gasteiger partial charge in [-0.05, 0) is 18.6 Å². The van der Waals surface area contributed by atoms with Crippen LogP contribution in [-0.2, 0) is 0 Å². The lowest BCUT2D eigenvalue weighted by Crippen LogP contribution is -2.50. The third-order valence-electron chi connectivity index (χ3n) is 4.04. The predicted molar refractivity (Wildman–Crippen MR) is 87.2 cm³/mol. The van der Waals surface area contributed by atoms with Gasteiger partial charge < -0.3 is 14.9 Å². The van der Waals surface area contributed by atoms with Crippen LogP contribution in [-0.4, -0.2) is 78.7 Å². The zero-order valence-electron chi connectivity index (χ0n) is 13.7. The van der Waals surface area contributed by atoms with Crippen LogP contribution in [0.2, 0.25) is 0 Å². The molecule has 2 heterocycles. The van der Waals surface area contributed by atoms with E-state index < -0.39 is 0 Å². The molecule has 0 saturated carbocycles. The number of β-amino-alcohol motifs (C(OH)–C–C–N with tert-alkyl or cyclic N) is 1. The fourth-order valence-electron chi connectivity index (χ4n) is 2.65. The molecule has 1 aliphatic rings. The molecule has 1 fully saturated rings. The maximum absolute atomic E-state index is 12.7. The standard InChI is InChI=1S/C16H26N4O2/c1-4-13(21)12-19-8-10-20(11-9-19)16(22)14-6-5-7-17-15(14)18(2)3/h5-7,13,21H,4,8-12H2,1-3H3. The van der Waals surface area contributed by atoms with Crippen molar-refractivity contribution in [3.8, 4) is 0 Å². The summed E-state index contributed by atoms with van der Waals surface area (Å²) in [6.45, 7) is 5.67. The number of aliphatic hydroxyl groups is 1. The van der Waals surface area contributed by atoms with E-state index in [1.165, 1.54) is 0 Å². The van der Waals surface area contributed by atoms with Gasteiger partial charge in [-0.3, -0.25) is 9.69 Å². The third kappa shape index (κ3) is 3.96. The minimum Gasteiger partial charge on any atom is -0.392 e. The third-order valence-corrected chi connectivity index (χ3v) is 4.04. The van der Waals surface area contributed by atoms with Crippen LogP contribution in [0.4, 0.5) is 5.82 Å². The van der Waals surface area contributed by atoms with Gasteiger partial charge in [0.2, 0.25) is 0 Å². The molecule has 2 rings (SSSR count). The Morgan fingerprint density at radius 3 is 2.64 bits per heavy atom. The fraction of sp³-hybridized carbons (Fsp3) is 0.625. The Hall–Kier alpha value is -1.66. The Morgan fingerprint density at radius 1 is 1.36 bits per heavy atom. The van der Waals surface area contributed by atoms with Gasteiger partial charge in [-0.15, -0.1) is 0 Å². The van der Waals surface area contributed by atoms with Crippen molar-refractivity contribution < 1.29 is 9.90 Å². The fourth-order valence-corrected chi connectivity index (χ4v) is 2.65. The van der Waals surface area contributed by atoms with E-state index in [1.54, 1.807) is 12.3 Å². The van der Waals surface area contributed by atoms with E-state index in [4.69, 9.17) is 0 Å². The number of aliphatic hydroxyl groups excluding tert-OH is 1. The summed E-state index contributed by atoms with van der Waals surface area (Å²) in [5.41, 5.74) is 0.648. The van der Waals surface area contributed by atoms with Gasteiger partial charge in [0.15, 0.2) is 0 Å². The molecule has 1 unspecified atom stereocenters. The largest absolute Gasteiger partial charge is 0.392 e. The van der Waals surface area contributed by atoms with E-state index >= 15 is 0 Å². The van der Waals surface area contributed by atoms with Crippen molar-refractivity contribution in [1.82, 2.24) is 14.8 Å². The highest BCUT2D eigenvalue weighted by atomic mass is 16.3. The van der Waals surface area contributed by atoms with Crippen LogP contribution in [0.15, 0.2) is 18.3 Å². The lowest BCUT2D eigenvalue weighted by Gasteiger charge is -2.35. The number of hydrogen-bond donors (Lipinski definition) is 1. The number of aromatic nitrogens is 1. The molecule has 22 heavy (non-hydrogen) atoms. The molecule has 0 bridgehead atoms. The van der Waals surface area contributed by atoms with Crippen LogP contribution in [0.25, 0.3) is 0 Å². The maximum Gasteiger partial charge on any atom is 0.257 e. The Labute approximate surface area is 132 Å². The topological polar surface area (TPSA) is 59.9 Å². The molecule has 1 saturated heterocycles. The Morgan fingerprint density at radius 2 is 2.05 bits per heavy atom. The van der Waals surface area contributed by atoms with Crippen LogP contribution < -0.4 is 4.90 Å². The molecule has 0 aromatic carbocycles. The zero-order valence-corrected chi connectivity index (χ0v) is 13.7. The molecule has 0 aliphatic carbocycles. The lowest BCUT2D eigenvalue weighted by atomic mass is 10.2. The molecular formula is C16H26N4O2. The number of pyridine rings is 1. The van der Waals surface area contributed by atoms with E-state index in [9.17, 15) is 9.90 Å². The maximum atomic E-state index is 12.7. The average Bonchev–Trinajstić information content (AvgIpc) is 2.54. The smallest absolute Gasteiger partial charge is 0.257 e. The van der Waals surface area contributed by atoms with Crippen LogP contribution in [0.1, 0.15) is 23.7 Å². The van der Waals surface area contributed by atoms with Gasteiger partial charge in [-0.1, -0.05) is 6.92 Å². The predicted octanol–water partition coefficient (Wildman–Crippen LogP) is 0.676. The Kier molecular flexibility index (Phi) is 5.74. The van der Waals surface area contributed by atoms with Gasteiger partial charge in [0, 0.05) is 53.0 Å². The summed E-state index contributed by atoms with van der Waals surface area (Å²) in [5.74, 6) is 0.740. The van der Waals surface area contributed by atoms with Crippen molar-refractivity contribution >= 4 is 11.7 Å². The molecule has 0 spiro atoms. The van der Waals surface area contributed by atoms with Crippen LogP contribution >= 0.6 is 0 Å². The molecule has 1 aromatic rings. The van der Waals surface area contributed by atoms with Gasteiger partial charge in [-0.2, -0.15) is 0 Å². The molecule has 1 N–H and O–H groups in total. The first-order valence-corrected chi connectivity index (χ1v) is 7.85. The average molecular weight is 306 g/mol. The first-order valence-electron chi connectivity index (χ1n) is 7.85. The van der Waals surface area contributed by atoms with Gasteiger partial charge >= 0.3 is 0 Å². The highest BCUT2D eigenvalue weighted by Gasteiger charge is 2.25. The molecule has 1 atom stereocenters. The summed E-state index contributed by atoms with van der Waals surface area (Å²) in [4.78, 5) is 22.9. The minimum atomic E-state index is -0.277. The first-order chi connectivity index (χ1) is 10.5. The summed E-state index contributed by atoms with van der Waals surface area (Å²) >= 11 is 0. The number of amides is 1. The second-order valence-electron chi connectivity index (χ2n) is 5.92. The summed E-state index contributed by atoms with van der Waals surface area (Å²) in [6, 6.07) is 3.63. The molecule has 6 heteroatoms. The van der Waals surface area contributed by atoms with Crippen molar-refractivity contribution in [1.29, 1.82) is 0 Å². The minimum absolute atomic E-state index is 0.0347. The van der Waals surface area contributed by atoms with Crippen LogP contribution in [0.3, 0.4) is 0 Å². The normalized spacial score (nSPS) is 17.4. The molecule has 1 aliphatic heterocycles. The van der Waals surface area contributed by atoms with E-state index in [0.29, 0.717) is 31.0 Å². The van der Waals surface area contributed by atoms with Crippen molar-refractivity contribution in [3.05, 3.63) is 23.9 Å². The van der Waals surface area contributed by atoms with Gasteiger partial charge in [0.1, 0.15) is 5.82 Å². The van der Waals surface area contributed by atoms with Gasteiger partial charge in [-0.25, -0.2) is 4.98 Å². The molecule has 1 amide bonds. The summed E-state index contributed by atoms with van der Waals surface area (Å²) in [7, 11) is 3.78. The number of hydrogen-bond acceptors (Lipinski definition) is 5. The second-order valence-corrected chi connectivity index (χ2v) is 5.92. The summed E-state index contributed by atoms with van der Waals surface area (Å²) in [6.07, 6.45) is 2.19. The second kappa shape index (κ2) is 7.56. The number of carbonyl (C=O) groups excluding carboxylic acids is 1. The summed E-state index contributed by atoms with van der Waals surface area (Å²) in [5, 5.41) is 9.72. The lowest BCUT2D eigenvalue weighted by molar-refractivity contribution is 0.0524.